The minimum absolute atomic E-state index is 0.0877. The van der Waals surface area contributed by atoms with E-state index in [1.54, 1.807) is 18.5 Å². The van der Waals surface area contributed by atoms with Crippen molar-refractivity contribution in [2.75, 3.05) is 12.3 Å². The molecule has 0 atom stereocenters. The molecule has 0 aliphatic rings. The Kier molecular flexibility index (Phi) is 3.42. The van der Waals surface area contributed by atoms with E-state index in [9.17, 15) is 4.79 Å². The third-order valence-electron chi connectivity index (χ3n) is 2.56. The van der Waals surface area contributed by atoms with Gasteiger partial charge in [-0.15, -0.1) is 0 Å². The molecule has 4 heteroatoms. The number of nitrogens with zero attached hydrogens (tertiary/aromatic N) is 1. The number of pyridine rings is 1. The summed E-state index contributed by atoms with van der Waals surface area (Å²) in [5.41, 5.74) is 12.1. The Morgan fingerprint density at radius 2 is 2.20 bits per heavy atom. The second-order valence-electron chi connectivity index (χ2n) is 4.26. The maximum atomic E-state index is 11.9. The lowest BCUT2D eigenvalue weighted by Gasteiger charge is -2.20. The zero-order valence-corrected chi connectivity index (χ0v) is 9.16. The number of nitrogen functional groups attached to an aromatic ring is 1. The van der Waals surface area contributed by atoms with Gasteiger partial charge in [0.2, 0.25) is 0 Å². The Balaban J connectivity index is 2.80. The van der Waals surface area contributed by atoms with Gasteiger partial charge in [0.25, 0.3) is 0 Å². The molecule has 82 valence electrons. The molecule has 0 aliphatic heterocycles. The van der Waals surface area contributed by atoms with Crippen molar-refractivity contribution >= 4 is 11.5 Å². The van der Waals surface area contributed by atoms with Gasteiger partial charge in [-0.05, 0) is 6.07 Å². The molecule has 15 heavy (non-hydrogen) atoms. The molecule has 0 amide bonds. The van der Waals surface area contributed by atoms with Crippen molar-refractivity contribution in [3.63, 3.8) is 0 Å². The summed E-state index contributed by atoms with van der Waals surface area (Å²) in [6.45, 7) is 4.01. The zero-order chi connectivity index (χ0) is 11.5. The Morgan fingerprint density at radius 1 is 1.53 bits per heavy atom. The zero-order valence-electron chi connectivity index (χ0n) is 9.16. The SMILES string of the molecule is CC(C)(CN)C(=O)Cc1cnccc1N. The first-order chi connectivity index (χ1) is 6.97. The Bertz CT molecular complexity index is 361. The summed E-state index contributed by atoms with van der Waals surface area (Å²) in [5.74, 6) is 0.0877. The van der Waals surface area contributed by atoms with Crippen LogP contribution in [0.25, 0.3) is 0 Å². The van der Waals surface area contributed by atoms with Crippen molar-refractivity contribution < 1.29 is 4.79 Å². The van der Waals surface area contributed by atoms with Gasteiger partial charge < -0.3 is 11.5 Å². The van der Waals surface area contributed by atoms with Crippen LogP contribution in [0.2, 0.25) is 0 Å². The van der Waals surface area contributed by atoms with Crippen LogP contribution in [0.4, 0.5) is 5.69 Å². The van der Waals surface area contributed by atoms with Crippen LogP contribution >= 0.6 is 0 Å². The summed E-state index contributed by atoms with van der Waals surface area (Å²) in [6.07, 6.45) is 3.53. The fourth-order valence-corrected chi connectivity index (χ4v) is 1.11. The van der Waals surface area contributed by atoms with Crippen molar-refractivity contribution in [2.24, 2.45) is 11.1 Å². The summed E-state index contributed by atoms with van der Waals surface area (Å²) >= 11 is 0. The van der Waals surface area contributed by atoms with E-state index < -0.39 is 5.41 Å². The third kappa shape index (κ3) is 2.76. The summed E-state index contributed by atoms with van der Waals surface area (Å²) in [6, 6.07) is 1.69. The number of Topliss-reactive ketones (excluding diaryl/α,β-unsaturated/α-hetero) is 1. The lowest BCUT2D eigenvalue weighted by Crippen LogP contribution is -2.34. The predicted molar refractivity (Wildman–Crippen MR) is 60.2 cm³/mol. The van der Waals surface area contributed by atoms with Crippen molar-refractivity contribution in [3.8, 4) is 0 Å². The number of nitrogens with two attached hydrogens (primary N) is 2. The fourth-order valence-electron chi connectivity index (χ4n) is 1.11. The van der Waals surface area contributed by atoms with Crippen LogP contribution in [-0.4, -0.2) is 17.3 Å². The third-order valence-corrected chi connectivity index (χ3v) is 2.56. The number of ketones is 1. The van der Waals surface area contributed by atoms with Gasteiger partial charge in [-0.2, -0.15) is 0 Å². The molecule has 0 radical (unpaired) electrons. The van der Waals surface area contributed by atoms with Gasteiger partial charge in [-0.3, -0.25) is 9.78 Å². The van der Waals surface area contributed by atoms with Gasteiger partial charge in [-0.1, -0.05) is 13.8 Å². The first-order valence-electron chi connectivity index (χ1n) is 4.89. The molecule has 0 saturated carbocycles. The Morgan fingerprint density at radius 3 is 2.73 bits per heavy atom. The minimum Gasteiger partial charge on any atom is -0.398 e. The van der Waals surface area contributed by atoms with Crippen molar-refractivity contribution in [3.05, 3.63) is 24.0 Å². The highest BCUT2D eigenvalue weighted by atomic mass is 16.1. The van der Waals surface area contributed by atoms with Gasteiger partial charge in [-0.25, -0.2) is 0 Å². The molecule has 1 rings (SSSR count). The van der Waals surface area contributed by atoms with E-state index in [0.29, 0.717) is 18.7 Å². The number of rotatable bonds is 4. The molecule has 0 aromatic carbocycles. The molecular weight excluding hydrogens is 190 g/mol. The second-order valence-corrected chi connectivity index (χ2v) is 4.26. The molecule has 1 aromatic rings. The number of aromatic nitrogens is 1. The lowest BCUT2D eigenvalue weighted by atomic mass is 9.85. The molecule has 4 N–H and O–H groups in total. The monoisotopic (exact) mass is 207 g/mol. The molecule has 0 fully saturated rings. The standard InChI is InChI=1S/C11H17N3O/c1-11(2,7-12)10(15)5-8-6-14-4-3-9(8)13/h3-4,6H,5,7,12H2,1-2H3,(H2,13,14). The first-order valence-corrected chi connectivity index (χ1v) is 4.89. The lowest BCUT2D eigenvalue weighted by molar-refractivity contribution is -0.125. The second kappa shape index (κ2) is 4.40. The molecule has 4 nitrogen and oxygen atoms in total. The molecule has 1 heterocycles. The largest absolute Gasteiger partial charge is 0.398 e. The summed E-state index contributed by atoms with van der Waals surface area (Å²) < 4.78 is 0. The quantitative estimate of drug-likeness (QED) is 0.763. The van der Waals surface area contributed by atoms with Gasteiger partial charge >= 0.3 is 0 Å². The van der Waals surface area contributed by atoms with Gasteiger partial charge in [0, 0.05) is 42.0 Å². The average molecular weight is 207 g/mol. The number of hydrogen-bond donors (Lipinski definition) is 2. The highest BCUT2D eigenvalue weighted by molar-refractivity contribution is 5.87. The highest BCUT2D eigenvalue weighted by Crippen LogP contribution is 2.19. The fraction of sp³-hybridized carbons (Fsp3) is 0.455. The first kappa shape index (κ1) is 11.7. The van der Waals surface area contributed by atoms with Crippen molar-refractivity contribution in [1.82, 2.24) is 4.98 Å². The Labute approximate surface area is 89.7 Å². The topological polar surface area (TPSA) is 82.0 Å². The van der Waals surface area contributed by atoms with E-state index in [1.165, 1.54) is 0 Å². The molecule has 0 unspecified atom stereocenters. The summed E-state index contributed by atoms with van der Waals surface area (Å²) in [7, 11) is 0. The van der Waals surface area contributed by atoms with Gasteiger partial charge in [0.15, 0.2) is 0 Å². The van der Waals surface area contributed by atoms with Crippen LogP contribution in [0.15, 0.2) is 18.5 Å². The van der Waals surface area contributed by atoms with E-state index >= 15 is 0 Å². The van der Waals surface area contributed by atoms with Gasteiger partial charge in [0.05, 0.1) is 0 Å². The summed E-state index contributed by atoms with van der Waals surface area (Å²) in [5, 5.41) is 0. The molecule has 0 spiro atoms. The van der Waals surface area contributed by atoms with Gasteiger partial charge in [0.1, 0.15) is 5.78 Å². The number of carbonyl (C=O) groups excluding carboxylic acids is 1. The van der Waals surface area contributed by atoms with E-state index in [4.69, 9.17) is 11.5 Å². The van der Waals surface area contributed by atoms with E-state index in [2.05, 4.69) is 4.98 Å². The normalized spacial score (nSPS) is 11.4. The molecular formula is C11H17N3O. The number of hydrogen-bond acceptors (Lipinski definition) is 4. The van der Waals surface area contributed by atoms with Crippen molar-refractivity contribution in [2.45, 2.75) is 20.3 Å². The molecule has 0 aliphatic carbocycles. The minimum atomic E-state index is -0.498. The Hall–Kier alpha value is -1.42. The van der Waals surface area contributed by atoms with E-state index in [1.807, 2.05) is 13.8 Å². The predicted octanol–water partition coefficient (Wildman–Crippen LogP) is 0.760. The number of carbonyl (C=O) groups is 1. The van der Waals surface area contributed by atoms with Crippen LogP contribution < -0.4 is 11.5 Å². The highest BCUT2D eigenvalue weighted by Gasteiger charge is 2.25. The van der Waals surface area contributed by atoms with E-state index in [0.717, 1.165) is 5.56 Å². The maximum Gasteiger partial charge on any atom is 0.144 e. The average Bonchev–Trinajstić information content (AvgIpc) is 2.21. The summed E-state index contributed by atoms with van der Waals surface area (Å²) in [4.78, 5) is 15.8. The number of anilines is 1. The van der Waals surface area contributed by atoms with Crippen LogP contribution in [-0.2, 0) is 11.2 Å². The maximum absolute atomic E-state index is 11.9. The van der Waals surface area contributed by atoms with Crippen LogP contribution in [0, 0.1) is 5.41 Å². The smallest absolute Gasteiger partial charge is 0.144 e. The van der Waals surface area contributed by atoms with Crippen LogP contribution in [0.3, 0.4) is 0 Å². The molecule has 0 saturated heterocycles. The van der Waals surface area contributed by atoms with Crippen LogP contribution in [0.1, 0.15) is 19.4 Å². The van der Waals surface area contributed by atoms with Crippen molar-refractivity contribution in [1.29, 1.82) is 0 Å². The van der Waals surface area contributed by atoms with Crippen LogP contribution in [0.5, 0.6) is 0 Å². The molecule has 1 aromatic heterocycles. The molecule has 0 bridgehead atoms. The van der Waals surface area contributed by atoms with E-state index in [-0.39, 0.29) is 5.78 Å².